The number of carbonyl (C=O) groups is 4. The average Bonchev–Trinajstić information content (AvgIpc) is 3.60. The molecule has 4 fully saturated rings. The lowest BCUT2D eigenvalue weighted by Gasteiger charge is -2.63. The summed E-state index contributed by atoms with van der Waals surface area (Å²) in [6.45, 7) is 0. The first-order chi connectivity index (χ1) is 20.4. The van der Waals surface area contributed by atoms with Crippen LogP contribution in [0.3, 0.4) is 0 Å². The lowest BCUT2D eigenvalue weighted by molar-refractivity contribution is -0.198. The summed E-state index contributed by atoms with van der Waals surface area (Å²) in [7, 11) is 0. The summed E-state index contributed by atoms with van der Waals surface area (Å²) in [5, 5.41) is 0. The highest BCUT2D eigenvalue weighted by Gasteiger charge is 2.77. The van der Waals surface area contributed by atoms with E-state index in [-0.39, 0.29) is 61.0 Å². The fourth-order valence-electron chi connectivity index (χ4n) is 9.35. The van der Waals surface area contributed by atoms with Gasteiger partial charge in [0.1, 0.15) is 41.3 Å². The summed E-state index contributed by atoms with van der Waals surface area (Å²) in [6, 6.07) is 19.3. The quantitative estimate of drug-likeness (QED) is 0.497. The second-order valence-corrected chi connectivity index (χ2v) is 12.6. The second-order valence-electron chi connectivity index (χ2n) is 12.6. The number of allylic oxidation sites excluding steroid dienone is 2. The molecule has 212 valence electrons. The van der Waals surface area contributed by atoms with Crippen LogP contribution in [0, 0.1) is 35.0 Å². The standard InChI is InChI=1S/C34H28O8/c35-21-14-22(16-7-3-1-4-8-16)40-33-28(21)19-12-26(37)42-32(19)29-18-11-25-34(30(29)33,20-13-27(38)41-31(18)20)24(36)15-23(39-25)17-9-5-2-6-10-17/h1-11,18-20,22-23,29-32H,12-15H2/t18-,19+,20-,22+,23-,29-,30+,31-,32+,34-/m0/s1. The van der Waals surface area contributed by atoms with Crippen molar-refractivity contribution in [3.63, 3.8) is 0 Å². The summed E-state index contributed by atoms with van der Waals surface area (Å²) in [6.07, 6.45) is 0.251. The number of esters is 2. The Balaban J connectivity index is 1.25. The number of benzene rings is 2. The maximum Gasteiger partial charge on any atom is 0.306 e. The molecule has 8 aliphatic rings. The molecular weight excluding hydrogens is 536 g/mol. The van der Waals surface area contributed by atoms with Crippen molar-refractivity contribution in [2.45, 2.75) is 50.1 Å². The average molecular weight is 565 g/mol. The van der Waals surface area contributed by atoms with Crippen LogP contribution in [0.5, 0.6) is 0 Å². The molecule has 3 saturated heterocycles. The monoisotopic (exact) mass is 564 g/mol. The van der Waals surface area contributed by atoms with Gasteiger partial charge in [-0.25, -0.2) is 0 Å². The van der Waals surface area contributed by atoms with Gasteiger partial charge in [0.25, 0.3) is 0 Å². The number of carbonyl (C=O) groups excluding carboxylic acids is 4. The van der Waals surface area contributed by atoms with E-state index in [1.807, 2.05) is 66.7 Å². The number of hydrogen-bond donors (Lipinski definition) is 0. The topological polar surface area (TPSA) is 105 Å². The Kier molecular flexibility index (Phi) is 4.90. The first-order valence-corrected chi connectivity index (χ1v) is 14.8. The summed E-state index contributed by atoms with van der Waals surface area (Å²) in [5.74, 6) is -2.11. The van der Waals surface area contributed by atoms with Crippen LogP contribution in [0.15, 0.2) is 83.8 Å². The number of ketones is 2. The third-order valence-electron chi connectivity index (χ3n) is 10.8. The van der Waals surface area contributed by atoms with Gasteiger partial charge in [0.2, 0.25) is 0 Å². The maximum absolute atomic E-state index is 14.8. The van der Waals surface area contributed by atoms with E-state index in [4.69, 9.17) is 18.9 Å². The van der Waals surface area contributed by atoms with E-state index in [9.17, 15) is 19.2 Å². The van der Waals surface area contributed by atoms with E-state index >= 15 is 0 Å². The molecule has 10 atom stereocenters. The summed E-state index contributed by atoms with van der Waals surface area (Å²) in [5.41, 5.74) is 0.981. The van der Waals surface area contributed by atoms with Gasteiger partial charge >= 0.3 is 11.9 Å². The minimum absolute atomic E-state index is 0.0530. The van der Waals surface area contributed by atoms with Crippen LogP contribution in [-0.4, -0.2) is 35.7 Å². The highest BCUT2D eigenvalue weighted by molar-refractivity contribution is 6.00. The molecule has 0 N–H and O–H groups in total. The van der Waals surface area contributed by atoms with Crippen LogP contribution >= 0.6 is 0 Å². The molecule has 0 amide bonds. The fraction of sp³-hybridized carbons (Fsp3) is 0.412. The van der Waals surface area contributed by atoms with Crippen molar-refractivity contribution < 1.29 is 38.1 Å². The molecule has 0 unspecified atom stereocenters. The van der Waals surface area contributed by atoms with Gasteiger partial charge in [0.05, 0.1) is 19.3 Å². The lowest BCUT2D eigenvalue weighted by Crippen LogP contribution is -2.68. The SMILES string of the molecule is O=C1C[C@@H]2C3=C(O[C@@H](c4ccccc4)CC3=O)[C@H]3[C@H]([C@@H]4C=C5O[C@H](c6ccccc6)CC(=O)[C@@]53[C@H]3CC(=O)O[C@@H]43)[C@@H]2O1. The molecule has 2 aromatic rings. The smallest absolute Gasteiger partial charge is 0.306 e. The van der Waals surface area contributed by atoms with Gasteiger partial charge in [-0.05, 0) is 17.2 Å². The minimum atomic E-state index is -1.26. The van der Waals surface area contributed by atoms with Gasteiger partial charge in [-0.1, -0.05) is 60.7 Å². The van der Waals surface area contributed by atoms with Gasteiger partial charge in [-0.3, -0.25) is 19.2 Å². The Labute approximate surface area is 241 Å². The van der Waals surface area contributed by atoms with E-state index in [1.165, 1.54) is 0 Å². The van der Waals surface area contributed by atoms with Crippen molar-refractivity contribution in [3.8, 4) is 0 Å². The van der Waals surface area contributed by atoms with Crippen molar-refractivity contribution in [2.75, 3.05) is 0 Å². The number of ether oxygens (including phenoxy) is 4. The predicted molar refractivity (Wildman–Crippen MR) is 144 cm³/mol. The Morgan fingerprint density at radius 2 is 1.31 bits per heavy atom. The normalized spacial score (nSPS) is 40.9. The molecule has 8 nitrogen and oxygen atoms in total. The molecule has 10 rings (SSSR count). The molecule has 4 aliphatic carbocycles. The number of Topliss-reactive ketones (excluding diaryl/α,β-unsaturated/α-hetero) is 2. The highest BCUT2D eigenvalue weighted by Crippen LogP contribution is 2.71. The number of hydrogen-bond acceptors (Lipinski definition) is 8. The molecular formula is C34H28O8. The molecule has 0 radical (unpaired) electrons. The number of fused-ring (bicyclic) bond motifs is 2. The zero-order valence-corrected chi connectivity index (χ0v) is 22.6. The lowest BCUT2D eigenvalue weighted by atomic mass is 9.41. The molecule has 4 heterocycles. The summed E-state index contributed by atoms with van der Waals surface area (Å²) < 4.78 is 25.4. The minimum Gasteiger partial charge on any atom is -0.489 e. The molecule has 1 spiro atoms. The number of rotatable bonds is 2. The maximum atomic E-state index is 14.8. The largest absolute Gasteiger partial charge is 0.489 e. The van der Waals surface area contributed by atoms with E-state index in [2.05, 4.69) is 0 Å². The first-order valence-electron chi connectivity index (χ1n) is 14.8. The molecule has 8 heteroatoms. The molecule has 2 bridgehead atoms. The van der Waals surface area contributed by atoms with Gasteiger partial charge < -0.3 is 18.9 Å². The van der Waals surface area contributed by atoms with Crippen molar-refractivity contribution in [1.82, 2.24) is 0 Å². The Morgan fingerprint density at radius 1 is 0.667 bits per heavy atom. The third kappa shape index (κ3) is 3.02. The fourth-order valence-corrected chi connectivity index (χ4v) is 9.35. The van der Waals surface area contributed by atoms with E-state index in [1.54, 1.807) is 0 Å². The molecule has 4 aliphatic heterocycles. The van der Waals surface area contributed by atoms with Crippen molar-refractivity contribution in [2.24, 2.45) is 35.0 Å². The van der Waals surface area contributed by atoms with Gasteiger partial charge in [-0.2, -0.15) is 0 Å². The first kappa shape index (κ1) is 24.4. The van der Waals surface area contributed by atoms with Gasteiger partial charge in [0, 0.05) is 41.6 Å². The highest BCUT2D eigenvalue weighted by atomic mass is 16.6. The third-order valence-corrected chi connectivity index (χ3v) is 10.8. The van der Waals surface area contributed by atoms with E-state index in [0.29, 0.717) is 17.1 Å². The Morgan fingerprint density at radius 3 is 2.02 bits per heavy atom. The zero-order chi connectivity index (χ0) is 28.3. The molecule has 1 saturated carbocycles. The van der Waals surface area contributed by atoms with Crippen molar-refractivity contribution in [1.29, 1.82) is 0 Å². The van der Waals surface area contributed by atoms with Crippen LogP contribution in [0.25, 0.3) is 0 Å². The zero-order valence-electron chi connectivity index (χ0n) is 22.6. The Hall–Kier alpha value is -4.20. The predicted octanol–water partition coefficient (Wildman–Crippen LogP) is 4.33. The second kappa shape index (κ2) is 8.43. The molecule has 0 aromatic heterocycles. The summed E-state index contributed by atoms with van der Waals surface area (Å²) >= 11 is 0. The van der Waals surface area contributed by atoms with E-state index < -0.39 is 47.6 Å². The Bertz CT molecular complexity index is 1630. The van der Waals surface area contributed by atoms with Crippen LogP contribution in [0.2, 0.25) is 0 Å². The summed E-state index contributed by atoms with van der Waals surface area (Å²) in [4.78, 5) is 54.4. The van der Waals surface area contributed by atoms with Crippen LogP contribution in [0.4, 0.5) is 0 Å². The van der Waals surface area contributed by atoms with Crippen molar-refractivity contribution >= 4 is 23.5 Å². The van der Waals surface area contributed by atoms with Gasteiger partial charge in [0.15, 0.2) is 11.6 Å². The van der Waals surface area contributed by atoms with E-state index in [0.717, 1.165) is 11.1 Å². The van der Waals surface area contributed by atoms with Crippen LogP contribution < -0.4 is 0 Å². The van der Waals surface area contributed by atoms with Crippen LogP contribution in [0.1, 0.15) is 49.0 Å². The van der Waals surface area contributed by atoms with Gasteiger partial charge in [-0.15, -0.1) is 0 Å². The molecule has 42 heavy (non-hydrogen) atoms. The van der Waals surface area contributed by atoms with Crippen molar-refractivity contribution in [3.05, 3.63) is 95.0 Å². The molecule has 2 aromatic carbocycles. The van der Waals surface area contributed by atoms with Crippen LogP contribution in [-0.2, 0) is 38.1 Å².